The van der Waals surface area contributed by atoms with Gasteiger partial charge >= 0.3 is 0 Å². The van der Waals surface area contributed by atoms with E-state index in [2.05, 4.69) is 10.2 Å². The second kappa shape index (κ2) is 4.10. The third-order valence-corrected chi connectivity index (χ3v) is 1.94. The van der Waals surface area contributed by atoms with Crippen LogP contribution in [0.25, 0.3) is 11.5 Å². The molecular weight excluding hydrogens is 196 g/mol. The van der Waals surface area contributed by atoms with Crippen LogP contribution < -0.4 is 4.74 Å². The molecule has 2 aromatic rings. The summed E-state index contributed by atoms with van der Waals surface area (Å²) in [4.78, 5) is 0. The monoisotopic (exact) mass is 206 g/mol. The fourth-order valence-electron chi connectivity index (χ4n) is 1.25. The Bertz CT molecular complexity index is 453. The number of aliphatic hydroxyl groups excluding tert-OH is 1. The molecule has 0 radical (unpaired) electrons. The van der Waals surface area contributed by atoms with E-state index in [1.807, 2.05) is 18.2 Å². The molecule has 0 spiro atoms. The van der Waals surface area contributed by atoms with E-state index >= 15 is 0 Å². The Labute approximate surface area is 86.3 Å². The van der Waals surface area contributed by atoms with E-state index < -0.39 is 0 Å². The van der Waals surface area contributed by atoms with Crippen LogP contribution in [0.5, 0.6) is 5.75 Å². The largest absolute Gasteiger partial charge is 0.496 e. The van der Waals surface area contributed by atoms with Gasteiger partial charge in [-0.05, 0) is 12.1 Å². The summed E-state index contributed by atoms with van der Waals surface area (Å²) in [5, 5.41) is 16.3. The van der Waals surface area contributed by atoms with Crippen molar-refractivity contribution in [2.24, 2.45) is 0 Å². The van der Waals surface area contributed by atoms with Crippen molar-refractivity contribution in [1.29, 1.82) is 0 Å². The Morgan fingerprint density at radius 1 is 1.33 bits per heavy atom. The third-order valence-electron chi connectivity index (χ3n) is 1.94. The zero-order valence-electron chi connectivity index (χ0n) is 8.17. The summed E-state index contributed by atoms with van der Waals surface area (Å²) in [6.07, 6.45) is 0. The van der Waals surface area contributed by atoms with Gasteiger partial charge in [0.25, 0.3) is 5.89 Å². The van der Waals surface area contributed by atoms with Gasteiger partial charge in [-0.2, -0.15) is 0 Å². The number of methoxy groups -OCH3 is 1. The van der Waals surface area contributed by atoms with Crippen molar-refractivity contribution in [3.63, 3.8) is 0 Å². The molecule has 0 saturated heterocycles. The van der Waals surface area contributed by atoms with Gasteiger partial charge in [0.1, 0.15) is 12.4 Å². The number of para-hydroxylation sites is 1. The minimum absolute atomic E-state index is 0.191. The molecule has 0 bridgehead atoms. The smallest absolute Gasteiger partial charge is 0.251 e. The minimum atomic E-state index is -0.262. The molecule has 0 aliphatic rings. The maximum Gasteiger partial charge on any atom is 0.251 e. The zero-order chi connectivity index (χ0) is 10.7. The molecule has 1 N–H and O–H groups in total. The van der Waals surface area contributed by atoms with Crippen molar-refractivity contribution in [2.75, 3.05) is 7.11 Å². The molecule has 0 fully saturated rings. The number of hydrogen-bond donors (Lipinski definition) is 1. The van der Waals surface area contributed by atoms with Crippen LogP contribution >= 0.6 is 0 Å². The van der Waals surface area contributed by atoms with Crippen molar-refractivity contribution in [1.82, 2.24) is 10.2 Å². The Balaban J connectivity index is 2.44. The minimum Gasteiger partial charge on any atom is -0.496 e. The quantitative estimate of drug-likeness (QED) is 0.818. The highest BCUT2D eigenvalue weighted by molar-refractivity contribution is 5.62. The van der Waals surface area contributed by atoms with Crippen molar-refractivity contribution < 1.29 is 14.3 Å². The van der Waals surface area contributed by atoms with Crippen molar-refractivity contribution in [2.45, 2.75) is 6.61 Å². The molecule has 0 aliphatic carbocycles. The lowest BCUT2D eigenvalue weighted by atomic mass is 10.2. The molecule has 1 aromatic heterocycles. The molecule has 0 amide bonds. The first-order chi connectivity index (χ1) is 7.35. The summed E-state index contributed by atoms with van der Waals surface area (Å²) < 4.78 is 10.4. The molecular formula is C10H10N2O3. The Morgan fingerprint density at radius 3 is 2.80 bits per heavy atom. The van der Waals surface area contributed by atoms with Crippen molar-refractivity contribution >= 4 is 0 Å². The lowest BCUT2D eigenvalue weighted by Crippen LogP contribution is -1.87. The summed E-state index contributed by atoms with van der Waals surface area (Å²) in [7, 11) is 1.57. The van der Waals surface area contributed by atoms with E-state index in [0.29, 0.717) is 17.2 Å². The number of aromatic nitrogens is 2. The van der Waals surface area contributed by atoms with Gasteiger partial charge in [0.2, 0.25) is 5.89 Å². The molecule has 0 atom stereocenters. The van der Waals surface area contributed by atoms with Crippen molar-refractivity contribution in [3.8, 4) is 17.2 Å². The van der Waals surface area contributed by atoms with Crippen LogP contribution in [-0.2, 0) is 6.61 Å². The van der Waals surface area contributed by atoms with Crippen LogP contribution in [0, 0.1) is 0 Å². The normalized spacial score (nSPS) is 10.3. The summed E-state index contributed by atoms with van der Waals surface area (Å²) in [6.45, 7) is -0.262. The number of aliphatic hydroxyl groups is 1. The van der Waals surface area contributed by atoms with Gasteiger partial charge in [-0.3, -0.25) is 0 Å². The second-order valence-corrected chi connectivity index (χ2v) is 2.86. The predicted molar refractivity (Wildman–Crippen MR) is 52.2 cm³/mol. The molecule has 1 heterocycles. The van der Waals surface area contributed by atoms with Crippen molar-refractivity contribution in [3.05, 3.63) is 30.2 Å². The third kappa shape index (κ3) is 1.82. The fourth-order valence-corrected chi connectivity index (χ4v) is 1.25. The van der Waals surface area contributed by atoms with Gasteiger partial charge in [0.15, 0.2) is 0 Å². The number of benzene rings is 1. The highest BCUT2D eigenvalue weighted by atomic mass is 16.5. The molecule has 78 valence electrons. The lowest BCUT2D eigenvalue weighted by molar-refractivity contribution is 0.241. The molecule has 5 heteroatoms. The van der Waals surface area contributed by atoms with Crippen LogP contribution in [0.2, 0.25) is 0 Å². The molecule has 2 rings (SSSR count). The highest BCUT2D eigenvalue weighted by Crippen LogP contribution is 2.28. The number of rotatable bonds is 3. The summed E-state index contributed by atoms with van der Waals surface area (Å²) in [6, 6.07) is 7.32. The number of nitrogens with zero attached hydrogens (tertiary/aromatic N) is 2. The van der Waals surface area contributed by atoms with Crippen LogP contribution in [-0.4, -0.2) is 22.4 Å². The average Bonchev–Trinajstić information content (AvgIpc) is 2.77. The number of ether oxygens (including phenoxy) is 1. The maximum absolute atomic E-state index is 8.80. The Kier molecular flexibility index (Phi) is 2.64. The lowest BCUT2D eigenvalue weighted by Gasteiger charge is -2.02. The first kappa shape index (κ1) is 9.67. The van der Waals surface area contributed by atoms with Crippen LogP contribution in [0.1, 0.15) is 5.89 Å². The van der Waals surface area contributed by atoms with Crippen LogP contribution in [0.4, 0.5) is 0 Å². The molecule has 0 saturated carbocycles. The topological polar surface area (TPSA) is 68.4 Å². The molecule has 0 unspecified atom stereocenters. The van der Waals surface area contributed by atoms with Gasteiger partial charge in [-0.1, -0.05) is 12.1 Å². The van der Waals surface area contributed by atoms with Gasteiger partial charge in [0.05, 0.1) is 12.7 Å². The average molecular weight is 206 g/mol. The Hall–Kier alpha value is -1.88. The van der Waals surface area contributed by atoms with Gasteiger partial charge in [-0.15, -0.1) is 10.2 Å². The number of hydrogen-bond acceptors (Lipinski definition) is 5. The van der Waals surface area contributed by atoms with Crippen LogP contribution in [0.15, 0.2) is 28.7 Å². The van der Waals surface area contributed by atoms with Gasteiger partial charge < -0.3 is 14.3 Å². The van der Waals surface area contributed by atoms with Gasteiger partial charge in [-0.25, -0.2) is 0 Å². The van der Waals surface area contributed by atoms with E-state index in [4.69, 9.17) is 14.3 Å². The SMILES string of the molecule is COc1ccccc1-c1nnc(CO)o1. The van der Waals surface area contributed by atoms with E-state index in [0.717, 1.165) is 0 Å². The molecule has 1 aromatic carbocycles. The summed E-state index contributed by atoms with van der Waals surface area (Å²) >= 11 is 0. The predicted octanol–water partition coefficient (Wildman–Crippen LogP) is 1.24. The molecule has 5 nitrogen and oxygen atoms in total. The highest BCUT2D eigenvalue weighted by Gasteiger charge is 2.11. The zero-order valence-corrected chi connectivity index (χ0v) is 8.17. The second-order valence-electron chi connectivity index (χ2n) is 2.86. The molecule has 0 aliphatic heterocycles. The van der Waals surface area contributed by atoms with E-state index in [1.165, 1.54) is 0 Å². The van der Waals surface area contributed by atoms with E-state index in [-0.39, 0.29) is 12.5 Å². The Morgan fingerprint density at radius 2 is 2.13 bits per heavy atom. The van der Waals surface area contributed by atoms with E-state index in [1.54, 1.807) is 13.2 Å². The fraction of sp³-hybridized carbons (Fsp3) is 0.200. The van der Waals surface area contributed by atoms with Gasteiger partial charge in [0, 0.05) is 0 Å². The first-order valence-electron chi connectivity index (χ1n) is 4.41. The maximum atomic E-state index is 8.80. The van der Waals surface area contributed by atoms with E-state index in [9.17, 15) is 0 Å². The summed E-state index contributed by atoms with van der Waals surface area (Å²) in [5.41, 5.74) is 0.715. The first-order valence-corrected chi connectivity index (χ1v) is 4.41. The summed E-state index contributed by atoms with van der Waals surface area (Å²) in [5.74, 6) is 1.19. The van der Waals surface area contributed by atoms with Crippen LogP contribution in [0.3, 0.4) is 0 Å². The molecule has 15 heavy (non-hydrogen) atoms. The standard InChI is InChI=1S/C10H10N2O3/c1-14-8-5-3-2-4-7(8)10-12-11-9(6-13)15-10/h2-5,13H,6H2,1H3.